The molecule has 0 saturated carbocycles. The Morgan fingerprint density at radius 1 is 1.12 bits per heavy atom. The molecule has 8 heteroatoms. The number of nitrogens with one attached hydrogen (secondary N) is 1. The summed E-state index contributed by atoms with van der Waals surface area (Å²) in [5.41, 5.74) is 3.55. The molecule has 8 nitrogen and oxygen atoms in total. The Morgan fingerprint density at radius 3 is 2.74 bits per heavy atom. The molecule has 2 aromatic carbocycles. The van der Waals surface area contributed by atoms with Crippen molar-refractivity contribution in [3.63, 3.8) is 0 Å². The van der Waals surface area contributed by atoms with Crippen LogP contribution >= 0.6 is 0 Å². The zero-order chi connectivity index (χ0) is 23.8. The second-order valence-corrected chi connectivity index (χ2v) is 9.17. The molecule has 1 saturated heterocycles. The molecule has 0 aliphatic carbocycles. The summed E-state index contributed by atoms with van der Waals surface area (Å²) in [6.45, 7) is 2.79. The first-order chi connectivity index (χ1) is 16.5. The summed E-state index contributed by atoms with van der Waals surface area (Å²) in [5, 5.41) is 21.9. The minimum absolute atomic E-state index is 0.0270. The monoisotopic (exact) mass is 461 g/mol. The van der Waals surface area contributed by atoms with Gasteiger partial charge in [-0.05, 0) is 35.7 Å². The SMILES string of the molecule is CCCCCCN1CC(=O)N2C(c3cccc(N([O-])O)c3)c3[nH]c4ccccc4c3C[C@H]2C1=O. The van der Waals surface area contributed by atoms with E-state index < -0.39 is 12.1 Å². The predicted octanol–water partition coefficient (Wildman–Crippen LogP) is 4.13. The van der Waals surface area contributed by atoms with Crippen LogP contribution in [0.25, 0.3) is 10.9 Å². The van der Waals surface area contributed by atoms with E-state index in [2.05, 4.69) is 11.9 Å². The van der Waals surface area contributed by atoms with E-state index in [4.69, 9.17) is 0 Å². The fourth-order valence-electron chi connectivity index (χ4n) is 5.40. The van der Waals surface area contributed by atoms with Crippen LogP contribution in [-0.2, 0) is 16.0 Å². The maximum absolute atomic E-state index is 13.6. The van der Waals surface area contributed by atoms with Crippen molar-refractivity contribution in [1.82, 2.24) is 14.8 Å². The minimum Gasteiger partial charge on any atom is -0.733 e. The largest absolute Gasteiger partial charge is 0.733 e. The summed E-state index contributed by atoms with van der Waals surface area (Å²) >= 11 is 0. The zero-order valence-corrected chi connectivity index (χ0v) is 19.2. The van der Waals surface area contributed by atoms with Crippen molar-refractivity contribution in [2.24, 2.45) is 0 Å². The lowest BCUT2D eigenvalue weighted by Gasteiger charge is -2.47. The fraction of sp³-hybridized carbons (Fsp3) is 0.385. The van der Waals surface area contributed by atoms with Gasteiger partial charge >= 0.3 is 0 Å². The van der Waals surface area contributed by atoms with Crippen LogP contribution < -0.4 is 5.23 Å². The standard InChI is InChI=1S/C26H29N4O4/c1-2-3-4-7-13-28-16-23(31)29-22(26(28)32)15-20-19-11-5-6-12-21(19)27-24(20)25(29)17-9-8-10-18(14-17)30(33)34/h5-6,8-12,14,22,25,27,33H,2-4,7,13,15-16H2,1H3/q-1/t22-,25?/m0/s1. The van der Waals surface area contributed by atoms with Gasteiger partial charge < -0.3 is 25.2 Å². The molecular formula is C26H29N4O4-. The van der Waals surface area contributed by atoms with E-state index in [-0.39, 0.29) is 29.3 Å². The molecule has 178 valence electrons. The molecular weight excluding hydrogens is 432 g/mol. The number of unbranched alkanes of at least 4 members (excludes halogenated alkanes) is 3. The molecule has 2 N–H and O–H groups in total. The van der Waals surface area contributed by atoms with Crippen LogP contribution in [0.5, 0.6) is 0 Å². The number of hydrogen-bond donors (Lipinski definition) is 2. The van der Waals surface area contributed by atoms with Crippen LogP contribution in [0.15, 0.2) is 48.5 Å². The van der Waals surface area contributed by atoms with Crippen molar-refractivity contribution in [2.45, 2.75) is 51.1 Å². The highest BCUT2D eigenvalue weighted by Crippen LogP contribution is 2.43. The first-order valence-electron chi connectivity index (χ1n) is 11.9. The van der Waals surface area contributed by atoms with Crippen LogP contribution in [-0.4, -0.2) is 50.9 Å². The van der Waals surface area contributed by atoms with Gasteiger partial charge in [-0.3, -0.25) is 14.8 Å². The lowest BCUT2D eigenvalue weighted by Crippen LogP contribution is -2.63. The van der Waals surface area contributed by atoms with Crippen molar-refractivity contribution in [3.05, 3.63) is 70.6 Å². The van der Waals surface area contributed by atoms with E-state index in [9.17, 15) is 20.0 Å². The number of fused-ring (bicyclic) bond motifs is 4. The van der Waals surface area contributed by atoms with Crippen LogP contribution in [0.3, 0.4) is 0 Å². The highest BCUT2D eigenvalue weighted by atomic mass is 16.8. The second kappa shape index (κ2) is 9.12. The molecule has 1 unspecified atom stereocenters. The number of benzene rings is 2. The molecule has 0 bridgehead atoms. The van der Waals surface area contributed by atoms with E-state index >= 15 is 0 Å². The van der Waals surface area contributed by atoms with E-state index in [0.29, 0.717) is 18.5 Å². The van der Waals surface area contributed by atoms with Gasteiger partial charge in [-0.2, -0.15) is 0 Å². The molecule has 5 rings (SSSR count). The van der Waals surface area contributed by atoms with Crippen molar-refractivity contribution < 1.29 is 14.8 Å². The first kappa shape index (κ1) is 22.4. The molecule has 2 amide bonds. The first-order valence-corrected chi connectivity index (χ1v) is 11.9. The Bertz CT molecular complexity index is 1220. The van der Waals surface area contributed by atoms with Crippen LogP contribution in [0.1, 0.15) is 55.5 Å². The van der Waals surface area contributed by atoms with Crippen LogP contribution in [0.4, 0.5) is 5.69 Å². The predicted molar refractivity (Wildman–Crippen MR) is 129 cm³/mol. The van der Waals surface area contributed by atoms with Crippen LogP contribution in [0.2, 0.25) is 0 Å². The van der Waals surface area contributed by atoms with Crippen molar-refractivity contribution in [2.75, 3.05) is 18.3 Å². The quantitative estimate of drug-likeness (QED) is 0.407. The molecule has 2 atom stereocenters. The van der Waals surface area contributed by atoms with Gasteiger partial charge in [0.2, 0.25) is 11.8 Å². The average Bonchev–Trinajstić information content (AvgIpc) is 3.22. The van der Waals surface area contributed by atoms with Crippen molar-refractivity contribution in [3.8, 4) is 0 Å². The van der Waals surface area contributed by atoms with Crippen LogP contribution in [0, 0.1) is 5.21 Å². The average molecular weight is 462 g/mol. The number of anilines is 1. The summed E-state index contributed by atoms with van der Waals surface area (Å²) in [5.74, 6) is -0.136. The molecule has 1 aromatic heterocycles. The maximum atomic E-state index is 13.6. The Labute approximate surface area is 198 Å². The molecule has 0 radical (unpaired) electrons. The molecule has 3 heterocycles. The third-order valence-corrected chi connectivity index (χ3v) is 7.03. The van der Waals surface area contributed by atoms with Gasteiger partial charge in [0.1, 0.15) is 6.04 Å². The number of para-hydroxylation sites is 1. The summed E-state index contributed by atoms with van der Waals surface area (Å²) in [7, 11) is 0. The Kier molecular flexibility index (Phi) is 6.02. The zero-order valence-electron chi connectivity index (χ0n) is 19.2. The van der Waals surface area contributed by atoms with Crippen molar-refractivity contribution >= 4 is 28.4 Å². The molecule has 1 fully saturated rings. The lowest BCUT2D eigenvalue weighted by atomic mass is 9.86. The number of carbonyl (C=O) groups excluding carboxylic acids is 2. The highest BCUT2D eigenvalue weighted by molar-refractivity contribution is 5.97. The van der Waals surface area contributed by atoms with E-state index in [1.165, 1.54) is 6.07 Å². The van der Waals surface area contributed by atoms with Gasteiger partial charge in [-0.1, -0.05) is 56.5 Å². The molecule has 34 heavy (non-hydrogen) atoms. The fourth-order valence-corrected chi connectivity index (χ4v) is 5.40. The van der Waals surface area contributed by atoms with Gasteiger partial charge in [-0.15, -0.1) is 0 Å². The molecule has 2 aliphatic heterocycles. The Morgan fingerprint density at radius 2 is 1.94 bits per heavy atom. The Hall–Kier alpha value is -3.36. The number of piperazine rings is 1. The third kappa shape index (κ3) is 3.82. The topological polar surface area (TPSA) is 103 Å². The number of carbonyl (C=O) groups is 2. The number of aromatic nitrogens is 1. The van der Waals surface area contributed by atoms with Gasteiger partial charge in [0, 0.05) is 29.6 Å². The minimum atomic E-state index is -0.606. The summed E-state index contributed by atoms with van der Waals surface area (Å²) in [6, 6.07) is 13.3. The van der Waals surface area contributed by atoms with Gasteiger partial charge in [-0.25, -0.2) is 0 Å². The second-order valence-electron chi connectivity index (χ2n) is 9.17. The highest BCUT2D eigenvalue weighted by Gasteiger charge is 2.48. The van der Waals surface area contributed by atoms with Crippen molar-refractivity contribution in [1.29, 1.82) is 0 Å². The molecule has 3 aromatic rings. The van der Waals surface area contributed by atoms with Gasteiger partial charge in [0.25, 0.3) is 0 Å². The summed E-state index contributed by atoms with van der Waals surface area (Å²) in [6.07, 6.45) is 4.60. The summed E-state index contributed by atoms with van der Waals surface area (Å²) in [4.78, 5) is 34.0. The maximum Gasteiger partial charge on any atom is 0.246 e. The van der Waals surface area contributed by atoms with E-state index in [1.807, 2.05) is 30.3 Å². The number of hydrogen-bond acceptors (Lipinski definition) is 5. The number of rotatable bonds is 7. The molecule has 0 spiro atoms. The molecule has 2 aliphatic rings. The number of amides is 2. The smallest absolute Gasteiger partial charge is 0.246 e. The number of aromatic amines is 1. The van der Waals surface area contributed by atoms with E-state index in [0.717, 1.165) is 47.8 Å². The number of nitrogens with zero attached hydrogens (tertiary/aromatic N) is 3. The lowest BCUT2D eigenvalue weighted by molar-refractivity contribution is -0.158. The van der Waals surface area contributed by atoms with E-state index in [1.54, 1.807) is 21.9 Å². The Balaban J connectivity index is 1.58. The normalized spacial score (nSPS) is 20.0. The van der Waals surface area contributed by atoms with Gasteiger partial charge in [0.15, 0.2) is 0 Å². The summed E-state index contributed by atoms with van der Waals surface area (Å²) < 4.78 is 0. The third-order valence-electron chi connectivity index (χ3n) is 7.03. The van der Waals surface area contributed by atoms with Gasteiger partial charge in [0.05, 0.1) is 18.3 Å². The number of H-pyrrole nitrogens is 1.